The molecule has 2 atom stereocenters. The zero-order chi connectivity index (χ0) is 18.4. The van der Waals surface area contributed by atoms with Gasteiger partial charge < -0.3 is 24.6 Å². The highest BCUT2D eigenvalue weighted by atomic mass is 16.5. The third-order valence-electron chi connectivity index (χ3n) is 6.04. The Morgan fingerprint density at radius 3 is 2.54 bits per heavy atom. The van der Waals surface area contributed by atoms with E-state index in [1.165, 1.54) is 25.7 Å². The summed E-state index contributed by atoms with van der Waals surface area (Å²) in [6.07, 6.45) is 9.23. The van der Waals surface area contributed by atoms with Crippen molar-refractivity contribution in [3.63, 3.8) is 0 Å². The summed E-state index contributed by atoms with van der Waals surface area (Å²) < 4.78 is 11.9. The summed E-state index contributed by atoms with van der Waals surface area (Å²) >= 11 is 0. The van der Waals surface area contributed by atoms with Crippen LogP contribution >= 0.6 is 0 Å². The molecule has 0 radical (unpaired) electrons. The van der Waals surface area contributed by atoms with E-state index in [1.807, 2.05) is 7.05 Å². The van der Waals surface area contributed by atoms with E-state index in [0.717, 1.165) is 64.0 Å². The Balaban J connectivity index is 1.36. The minimum Gasteiger partial charge on any atom is -0.376 e. The zero-order valence-electron chi connectivity index (χ0n) is 17.0. The maximum atomic E-state index is 6.13. The minimum atomic E-state index is 0.321. The summed E-state index contributed by atoms with van der Waals surface area (Å²) in [5.41, 5.74) is 0. The Morgan fingerprint density at radius 1 is 1.19 bits per heavy atom. The van der Waals surface area contributed by atoms with Crippen LogP contribution in [0.5, 0.6) is 0 Å². The van der Waals surface area contributed by atoms with Gasteiger partial charge in [0, 0.05) is 39.3 Å². The summed E-state index contributed by atoms with van der Waals surface area (Å²) in [4.78, 5) is 9.26. The second-order valence-corrected chi connectivity index (χ2v) is 8.30. The highest BCUT2D eigenvalue weighted by Crippen LogP contribution is 2.34. The Bertz CT molecular complexity index is 437. The number of guanidine groups is 1. The number of likely N-dealkylation sites (tertiary alicyclic amines) is 1. The van der Waals surface area contributed by atoms with Crippen molar-refractivity contribution in [2.24, 2.45) is 10.9 Å². The smallest absolute Gasteiger partial charge is 0.193 e. The van der Waals surface area contributed by atoms with Crippen molar-refractivity contribution in [3.8, 4) is 0 Å². The van der Waals surface area contributed by atoms with Crippen molar-refractivity contribution in [2.45, 2.75) is 63.2 Å². The second kappa shape index (κ2) is 9.90. The molecule has 0 aromatic heterocycles. The standard InChI is InChI=1S/C20H38N4O2/c1-21-20(22-14-19(23(2)3)16-7-8-16)24-11-9-17(10-12-24)26-15-18-6-4-5-13-25-18/h16-19H,4-15H2,1-3H3,(H,21,22). The molecular formula is C20H38N4O2. The molecule has 3 fully saturated rings. The van der Waals surface area contributed by atoms with Crippen LogP contribution in [-0.4, -0.2) is 88.0 Å². The molecule has 0 aromatic carbocycles. The maximum absolute atomic E-state index is 6.13. The Hall–Kier alpha value is -0.850. The molecule has 6 nitrogen and oxygen atoms in total. The highest BCUT2D eigenvalue weighted by molar-refractivity contribution is 5.80. The molecule has 2 aliphatic heterocycles. The lowest BCUT2D eigenvalue weighted by molar-refractivity contribution is -0.0721. The van der Waals surface area contributed by atoms with Gasteiger partial charge in [-0.25, -0.2) is 0 Å². The van der Waals surface area contributed by atoms with Crippen molar-refractivity contribution in [1.82, 2.24) is 15.1 Å². The van der Waals surface area contributed by atoms with Crippen LogP contribution in [0.2, 0.25) is 0 Å². The number of nitrogens with one attached hydrogen (secondary N) is 1. The molecule has 3 aliphatic rings. The topological polar surface area (TPSA) is 49.3 Å². The van der Waals surface area contributed by atoms with Gasteiger partial charge in [0.05, 0.1) is 18.8 Å². The van der Waals surface area contributed by atoms with Crippen LogP contribution < -0.4 is 5.32 Å². The molecule has 1 N–H and O–H groups in total. The first-order valence-electron chi connectivity index (χ1n) is 10.5. The van der Waals surface area contributed by atoms with Crippen molar-refractivity contribution in [1.29, 1.82) is 0 Å². The molecule has 0 bridgehead atoms. The molecule has 26 heavy (non-hydrogen) atoms. The van der Waals surface area contributed by atoms with E-state index in [1.54, 1.807) is 0 Å². The summed E-state index contributed by atoms with van der Waals surface area (Å²) in [6.45, 7) is 4.70. The molecule has 2 saturated heterocycles. The van der Waals surface area contributed by atoms with Crippen LogP contribution in [0.1, 0.15) is 44.9 Å². The van der Waals surface area contributed by atoms with Gasteiger partial charge in [0.2, 0.25) is 0 Å². The first-order valence-corrected chi connectivity index (χ1v) is 10.5. The molecule has 6 heteroatoms. The predicted molar refractivity (Wildman–Crippen MR) is 106 cm³/mol. The number of rotatable bonds is 7. The lowest BCUT2D eigenvalue weighted by Gasteiger charge is -2.36. The molecule has 150 valence electrons. The van der Waals surface area contributed by atoms with Crippen molar-refractivity contribution in [3.05, 3.63) is 0 Å². The number of aliphatic imine (C=N–C) groups is 1. The van der Waals surface area contributed by atoms with Gasteiger partial charge in [0.25, 0.3) is 0 Å². The number of likely N-dealkylation sites (N-methyl/N-ethyl adjacent to an activating group) is 1. The number of hydrogen-bond donors (Lipinski definition) is 1. The quantitative estimate of drug-likeness (QED) is 0.551. The average molecular weight is 367 g/mol. The maximum Gasteiger partial charge on any atom is 0.193 e. The lowest BCUT2D eigenvalue weighted by Crippen LogP contribution is -2.50. The molecule has 0 spiro atoms. The summed E-state index contributed by atoms with van der Waals surface area (Å²) in [5, 5.41) is 3.61. The largest absolute Gasteiger partial charge is 0.376 e. The first-order chi connectivity index (χ1) is 12.7. The predicted octanol–water partition coefficient (Wildman–Crippen LogP) is 1.95. The Morgan fingerprint density at radius 2 is 1.96 bits per heavy atom. The number of piperidine rings is 1. The number of nitrogens with zero attached hydrogens (tertiary/aromatic N) is 3. The van der Waals surface area contributed by atoms with E-state index in [0.29, 0.717) is 18.2 Å². The average Bonchev–Trinajstić information content (AvgIpc) is 3.50. The lowest BCUT2D eigenvalue weighted by atomic mass is 10.1. The van der Waals surface area contributed by atoms with E-state index in [4.69, 9.17) is 9.47 Å². The third-order valence-corrected chi connectivity index (χ3v) is 6.04. The molecule has 1 saturated carbocycles. The van der Waals surface area contributed by atoms with Crippen molar-refractivity contribution < 1.29 is 9.47 Å². The van der Waals surface area contributed by atoms with Gasteiger partial charge in [-0.3, -0.25) is 4.99 Å². The van der Waals surface area contributed by atoms with Crippen LogP contribution in [0.4, 0.5) is 0 Å². The number of hydrogen-bond acceptors (Lipinski definition) is 4. The van der Waals surface area contributed by atoms with E-state index in [-0.39, 0.29) is 0 Å². The minimum absolute atomic E-state index is 0.321. The van der Waals surface area contributed by atoms with Gasteiger partial charge in [-0.05, 0) is 65.0 Å². The van der Waals surface area contributed by atoms with Gasteiger partial charge in [0.1, 0.15) is 0 Å². The van der Waals surface area contributed by atoms with Crippen LogP contribution in [0.15, 0.2) is 4.99 Å². The Labute approximate surface area is 159 Å². The Kier molecular flexibility index (Phi) is 7.58. The fourth-order valence-electron chi connectivity index (χ4n) is 4.20. The highest BCUT2D eigenvalue weighted by Gasteiger charge is 2.33. The van der Waals surface area contributed by atoms with Gasteiger partial charge in [-0.1, -0.05) is 0 Å². The van der Waals surface area contributed by atoms with Gasteiger partial charge in [0.15, 0.2) is 5.96 Å². The van der Waals surface area contributed by atoms with Crippen LogP contribution in [0, 0.1) is 5.92 Å². The van der Waals surface area contributed by atoms with Crippen molar-refractivity contribution in [2.75, 3.05) is 54.0 Å². The summed E-state index contributed by atoms with van der Waals surface area (Å²) in [7, 11) is 6.27. The molecule has 2 heterocycles. The molecule has 2 unspecified atom stereocenters. The van der Waals surface area contributed by atoms with Crippen LogP contribution in [-0.2, 0) is 9.47 Å². The summed E-state index contributed by atoms with van der Waals surface area (Å²) in [5.74, 6) is 1.91. The number of ether oxygens (including phenoxy) is 2. The molecule has 0 aromatic rings. The molecule has 3 rings (SSSR count). The van der Waals surface area contributed by atoms with Crippen LogP contribution in [0.25, 0.3) is 0 Å². The monoisotopic (exact) mass is 366 g/mol. The summed E-state index contributed by atoms with van der Waals surface area (Å²) in [6, 6.07) is 0.614. The van der Waals surface area contributed by atoms with E-state index in [9.17, 15) is 0 Å². The van der Waals surface area contributed by atoms with Crippen LogP contribution in [0.3, 0.4) is 0 Å². The fourth-order valence-corrected chi connectivity index (χ4v) is 4.20. The normalized spacial score (nSPS) is 27.0. The second-order valence-electron chi connectivity index (χ2n) is 8.30. The zero-order valence-corrected chi connectivity index (χ0v) is 17.0. The van der Waals surface area contributed by atoms with E-state index >= 15 is 0 Å². The first kappa shape index (κ1) is 19.9. The van der Waals surface area contributed by atoms with Gasteiger partial charge in [-0.2, -0.15) is 0 Å². The van der Waals surface area contributed by atoms with Gasteiger partial charge >= 0.3 is 0 Å². The van der Waals surface area contributed by atoms with E-state index < -0.39 is 0 Å². The third kappa shape index (κ3) is 5.83. The SMILES string of the molecule is CN=C(NCC(C1CC1)N(C)C)N1CCC(OCC2CCCCO2)CC1. The van der Waals surface area contributed by atoms with Gasteiger partial charge in [-0.15, -0.1) is 0 Å². The van der Waals surface area contributed by atoms with Crippen molar-refractivity contribution >= 4 is 5.96 Å². The molecule has 1 aliphatic carbocycles. The van der Waals surface area contributed by atoms with E-state index in [2.05, 4.69) is 34.2 Å². The molecular weight excluding hydrogens is 328 g/mol. The molecule has 0 amide bonds. The fraction of sp³-hybridized carbons (Fsp3) is 0.950.